The number of rotatable bonds is 3. The van der Waals surface area contributed by atoms with Crippen LogP contribution in [0.5, 0.6) is 0 Å². The molecule has 18 heavy (non-hydrogen) atoms. The van der Waals surface area contributed by atoms with E-state index in [1.54, 1.807) is 11.7 Å². The predicted molar refractivity (Wildman–Crippen MR) is 72.2 cm³/mol. The second-order valence-corrected chi connectivity index (χ2v) is 5.79. The number of nitrogens with zero attached hydrogens (tertiary/aromatic N) is 5. The molecule has 1 aromatic rings. The average Bonchev–Trinajstić information content (AvgIpc) is 2.63. The van der Waals surface area contributed by atoms with Gasteiger partial charge in [-0.05, 0) is 36.4 Å². The first-order chi connectivity index (χ1) is 8.49. The lowest BCUT2D eigenvalue weighted by atomic mass is 10.0. The summed E-state index contributed by atoms with van der Waals surface area (Å²) in [5.41, 5.74) is 0.747. The lowest BCUT2D eigenvalue weighted by Crippen LogP contribution is -2.50. The molecule has 0 saturated carbocycles. The van der Waals surface area contributed by atoms with Crippen LogP contribution in [-0.2, 0) is 7.05 Å². The first-order valence-corrected chi connectivity index (χ1v) is 6.90. The molecule has 0 radical (unpaired) electrons. The normalized spacial score (nSPS) is 24.4. The highest BCUT2D eigenvalue weighted by Crippen LogP contribution is 2.26. The minimum absolute atomic E-state index is 0.362. The predicted octanol–water partition coefficient (Wildman–Crippen LogP) is 0.247. The molecule has 2 heterocycles. The lowest BCUT2D eigenvalue weighted by Gasteiger charge is -2.38. The summed E-state index contributed by atoms with van der Waals surface area (Å²) in [5, 5.41) is 18.2. The maximum absolute atomic E-state index is 10.4. The van der Waals surface area contributed by atoms with Gasteiger partial charge < -0.3 is 14.9 Å². The fourth-order valence-electron chi connectivity index (χ4n) is 2.42. The largest absolute Gasteiger partial charge is 0.387 e. The molecule has 1 saturated heterocycles. The first kappa shape index (κ1) is 13.9. The van der Waals surface area contributed by atoms with Crippen molar-refractivity contribution in [1.29, 1.82) is 0 Å². The third kappa shape index (κ3) is 2.90. The molecule has 0 amide bonds. The summed E-state index contributed by atoms with van der Waals surface area (Å²) >= 11 is 3.33. The van der Waals surface area contributed by atoms with Crippen molar-refractivity contribution >= 4 is 15.9 Å². The summed E-state index contributed by atoms with van der Waals surface area (Å²) in [5.74, 6) is 0. The third-order valence-corrected chi connectivity index (χ3v) is 4.18. The van der Waals surface area contributed by atoms with Gasteiger partial charge in [0.1, 0.15) is 5.69 Å². The van der Waals surface area contributed by atoms with Gasteiger partial charge >= 0.3 is 0 Å². The zero-order valence-electron chi connectivity index (χ0n) is 11.0. The number of halogens is 1. The summed E-state index contributed by atoms with van der Waals surface area (Å²) in [6, 6.07) is 0.362. The number of likely N-dealkylation sites (N-methyl/N-ethyl adjacent to an activating group) is 2. The van der Waals surface area contributed by atoms with Crippen LogP contribution in [-0.4, -0.2) is 69.7 Å². The van der Waals surface area contributed by atoms with Gasteiger partial charge in [0, 0.05) is 32.7 Å². The van der Waals surface area contributed by atoms with Crippen LogP contribution >= 0.6 is 15.9 Å². The smallest absolute Gasteiger partial charge is 0.154 e. The minimum atomic E-state index is -0.543. The van der Waals surface area contributed by atoms with Crippen molar-refractivity contribution in [2.24, 2.45) is 7.05 Å². The minimum Gasteiger partial charge on any atom is -0.387 e. The Morgan fingerprint density at radius 3 is 2.72 bits per heavy atom. The van der Waals surface area contributed by atoms with Crippen LogP contribution in [0, 0.1) is 0 Å². The second-order valence-electron chi connectivity index (χ2n) is 5.04. The van der Waals surface area contributed by atoms with Gasteiger partial charge in [-0.15, -0.1) is 5.10 Å². The maximum atomic E-state index is 10.4. The van der Waals surface area contributed by atoms with E-state index in [9.17, 15) is 5.11 Å². The highest BCUT2D eigenvalue weighted by Gasteiger charge is 2.27. The molecular weight excluding hydrogens is 298 g/mol. The summed E-state index contributed by atoms with van der Waals surface area (Å²) in [6.07, 6.45) is 0.152. The van der Waals surface area contributed by atoms with Gasteiger partial charge in [-0.3, -0.25) is 0 Å². The topological polar surface area (TPSA) is 57.4 Å². The van der Waals surface area contributed by atoms with Crippen molar-refractivity contribution in [2.75, 3.05) is 33.7 Å². The van der Waals surface area contributed by atoms with Crippen molar-refractivity contribution in [3.8, 4) is 0 Å². The fourth-order valence-corrected chi connectivity index (χ4v) is 3.01. The molecule has 102 valence electrons. The highest BCUT2D eigenvalue weighted by molar-refractivity contribution is 9.10. The van der Waals surface area contributed by atoms with Crippen LogP contribution in [0.3, 0.4) is 0 Å². The van der Waals surface area contributed by atoms with E-state index in [1.807, 2.05) is 0 Å². The molecular formula is C11H20BrN5O. The van der Waals surface area contributed by atoms with Crippen molar-refractivity contribution in [1.82, 2.24) is 24.8 Å². The van der Waals surface area contributed by atoms with Crippen molar-refractivity contribution in [3.05, 3.63) is 10.3 Å². The number of piperazine rings is 1. The monoisotopic (exact) mass is 317 g/mol. The molecule has 0 aromatic carbocycles. The summed E-state index contributed by atoms with van der Waals surface area (Å²) in [6.45, 7) is 3.11. The maximum Gasteiger partial charge on any atom is 0.154 e. The van der Waals surface area contributed by atoms with E-state index in [-0.39, 0.29) is 0 Å². The van der Waals surface area contributed by atoms with Crippen LogP contribution in [0.25, 0.3) is 0 Å². The number of aliphatic hydroxyl groups is 1. The molecule has 0 spiro atoms. The van der Waals surface area contributed by atoms with E-state index in [2.05, 4.69) is 50.1 Å². The second kappa shape index (κ2) is 5.64. The Morgan fingerprint density at radius 1 is 1.39 bits per heavy atom. The lowest BCUT2D eigenvalue weighted by molar-refractivity contribution is 0.0602. The Kier molecular flexibility index (Phi) is 4.37. The molecule has 0 aliphatic carbocycles. The van der Waals surface area contributed by atoms with Gasteiger partial charge in [0.15, 0.2) is 4.60 Å². The van der Waals surface area contributed by atoms with E-state index in [0.29, 0.717) is 17.1 Å². The van der Waals surface area contributed by atoms with Gasteiger partial charge in [0.25, 0.3) is 0 Å². The molecule has 1 N–H and O–H groups in total. The molecule has 2 atom stereocenters. The van der Waals surface area contributed by atoms with E-state index in [1.165, 1.54) is 0 Å². The van der Waals surface area contributed by atoms with Crippen molar-refractivity contribution in [2.45, 2.75) is 18.6 Å². The van der Waals surface area contributed by atoms with Gasteiger partial charge in [0.2, 0.25) is 0 Å². The molecule has 2 rings (SSSR count). The molecule has 0 bridgehead atoms. The van der Waals surface area contributed by atoms with E-state index in [0.717, 1.165) is 25.3 Å². The van der Waals surface area contributed by atoms with Gasteiger partial charge in [-0.2, -0.15) is 0 Å². The standard InChI is InChI=1S/C11H20BrN5O/c1-15-4-5-16(2)8(7-15)6-9(18)10-11(12)13-14-17(10)3/h8-9,18H,4-7H2,1-3H3. The Balaban J connectivity index is 2.04. The third-order valence-electron chi connectivity index (χ3n) is 3.62. The molecule has 1 fully saturated rings. The summed E-state index contributed by atoms with van der Waals surface area (Å²) in [7, 11) is 6.03. The molecule has 2 unspecified atom stereocenters. The van der Waals surface area contributed by atoms with Gasteiger partial charge in [-0.1, -0.05) is 5.21 Å². The number of aryl methyl sites for hydroxylation is 1. The number of aliphatic hydroxyl groups excluding tert-OH is 1. The summed E-state index contributed by atoms with van der Waals surface area (Å²) < 4.78 is 2.26. The molecule has 1 aliphatic heterocycles. The zero-order chi connectivity index (χ0) is 13.3. The van der Waals surface area contributed by atoms with E-state index in [4.69, 9.17) is 0 Å². The number of hydrogen-bond donors (Lipinski definition) is 1. The van der Waals surface area contributed by atoms with Crippen LogP contribution in [0.1, 0.15) is 18.2 Å². The number of hydrogen-bond acceptors (Lipinski definition) is 5. The molecule has 7 heteroatoms. The molecule has 6 nitrogen and oxygen atoms in total. The van der Waals surface area contributed by atoms with Gasteiger partial charge in [-0.25, -0.2) is 4.68 Å². The van der Waals surface area contributed by atoms with Gasteiger partial charge in [0.05, 0.1) is 6.10 Å². The van der Waals surface area contributed by atoms with Crippen LogP contribution in [0.2, 0.25) is 0 Å². The van der Waals surface area contributed by atoms with Crippen LogP contribution < -0.4 is 0 Å². The Bertz CT molecular complexity index is 391. The Hall–Kier alpha value is -0.500. The quantitative estimate of drug-likeness (QED) is 0.866. The number of aromatic nitrogens is 3. The Morgan fingerprint density at radius 2 is 2.11 bits per heavy atom. The SMILES string of the molecule is CN1CCN(C)C(CC(O)c2c(Br)nnn2C)C1. The van der Waals surface area contributed by atoms with Crippen LogP contribution in [0.4, 0.5) is 0 Å². The van der Waals surface area contributed by atoms with Crippen molar-refractivity contribution < 1.29 is 5.11 Å². The molecule has 1 aromatic heterocycles. The highest BCUT2D eigenvalue weighted by atomic mass is 79.9. The van der Waals surface area contributed by atoms with Crippen molar-refractivity contribution in [3.63, 3.8) is 0 Å². The molecule has 1 aliphatic rings. The van der Waals surface area contributed by atoms with E-state index < -0.39 is 6.10 Å². The van der Waals surface area contributed by atoms with Crippen LogP contribution in [0.15, 0.2) is 4.60 Å². The average molecular weight is 318 g/mol. The van der Waals surface area contributed by atoms with E-state index >= 15 is 0 Å². The zero-order valence-corrected chi connectivity index (χ0v) is 12.6. The summed E-state index contributed by atoms with van der Waals surface area (Å²) in [4.78, 5) is 4.61. The fraction of sp³-hybridized carbons (Fsp3) is 0.818. The Labute approximate surface area is 116 Å². The first-order valence-electron chi connectivity index (χ1n) is 6.11.